The van der Waals surface area contributed by atoms with Gasteiger partial charge >= 0.3 is 5.97 Å². The lowest BCUT2D eigenvalue weighted by atomic mass is 9.77. The van der Waals surface area contributed by atoms with Gasteiger partial charge in [0.05, 0.1) is 7.11 Å². The lowest BCUT2D eigenvalue weighted by molar-refractivity contribution is -0.145. The molecule has 0 unspecified atom stereocenters. The highest BCUT2D eigenvalue weighted by molar-refractivity contribution is 5.69. The van der Waals surface area contributed by atoms with Gasteiger partial charge in [-0.25, -0.2) is 0 Å². The second-order valence-electron chi connectivity index (χ2n) is 6.51. The molecule has 1 aromatic carbocycles. The Bertz CT molecular complexity index is 432. The molecule has 0 heterocycles. The quantitative estimate of drug-likeness (QED) is 0.657. The first-order chi connectivity index (χ1) is 9.85. The third-order valence-electron chi connectivity index (χ3n) is 4.32. The summed E-state index contributed by atoms with van der Waals surface area (Å²) < 4.78 is 10.4. The number of methoxy groups -OCH3 is 1. The van der Waals surface area contributed by atoms with E-state index in [-0.39, 0.29) is 11.4 Å². The lowest BCUT2D eigenvalue weighted by Crippen LogP contribution is -2.19. The van der Waals surface area contributed by atoms with E-state index in [4.69, 9.17) is 9.47 Å². The van der Waals surface area contributed by atoms with Crippen LogP contribution in [0.1, 0.15) is 52.5 Å². The van der Waals surface area contributed by atoms with Crippen molar-refractivity contribution in [2.45, 2.75) is 53.6 Å². The largest absolute Gasteiger partial charge is 0.497 e. The molecule has 1 rings (SSSR count). The highest BCUT2D eigenvalue weighted by Gasteiger charge is 2.22. The third-order valence-corrected chi connectivity index (χ3v) is 4.32. The van der Waals surface area contributed by atoms with Gasteiger partial charge in [-0.2, -0.15) is 0 Å². The fourth-order valence-corrected chi connectivity index (χ4v) is 1.93. The van der Waals surface area contributed by atoms with E-state index < -0.39 is 0 Å². The van der Waals surface area contributed by atoms with Gasteiger partial charge in [-0.05, 0) is 41.9 Å². The van der Waals surface area contributed by atoms with Gasteiger partial charge in [0.25, 0.3) is 0 Å². The van der Waals surface area contributed by atoms with Crippen LogP contribution in [-0.4, -0.2) is 13.1 Å². The highest BCUT2D eigenvalue weighted by Crippen LogP contribution is 2.31. The van der Waals surface area contributed by atoms with Gasteiger partial charge in [0.15, 0.2) is 0 Å². The van der Waals surface area contributed by atoms with Crippen molar-refractivity contribution in [1.82, 2.24) is 0 Å². The Hall–Kier alpha value is -1.51. The minimum atomic E-state index is -0.120. The van der Waals surface area contributed by atoms with Crippen LogP contribution in [0.25, 0.3) is 0 Å². The van der Waals surface area contributed by atoms with Crippen molar-refractivity contribution in [3.8, 4) is 5.75 Å². The maximum Gasteiger partial charge on any atom is 0.306 e. The van der Waals surface area contributed by atoms with E-state index in [1.165, 1.54) is 0 Å². The molecule has 3 heteroatoms. The molecule has 0 N–H and O–H groups in total. The summed E-state index contributed by atoms with van der Waals surface area (Å²) in [6, 6.07) is 7.56. The molecule has 0 atom stereocenters. The lowest BCUT2D eigenvalue weighted by Gasteiger charge is -2.29. The van der Waals surface area contributed by atoms with E-state index in [1.807, 2.05) is 24.3 Å². The van der Waals surface area contributed by atoms with Crippen LogP contribution < -0.4 is 4.74 Å². The number of benzene rings is 1. The smallest absolute Gasteiger partial charge is 0.306 e. The van der Waals surface area contributed by atoms with Crippen LogP contribution in [0.2, 0.25) is 0 Å². The van der Waals surface area contributed by atoms with Gasteiger partial charge in [-0.1, -0.05) is 39.8 Å². The van der Waals surface area contributed by atoms with Gasteiger partial charge in [-0.3, -0.25) is 4.79 Å². The zero-order valence-electron chi connectivity index (χ0n) is 13.9. The Balaban J connectivity index is 2.28. The number of carbonyl (C=O) groups excluding carboxylic acids is 1. The summed E-state index contributed by atoms with van der Waals surface area (Å²) in [5.41, 5.74) is 1.25. The second kappa shape index (κ2) is 8.06. The van der Waals surface area contributed by atoms with Crippen molar-refractivity contribution in [2.24, 2.45) is 11.3 Å². The fraction of sp³-hybridized carbons (Fsp3) is 0.611. The number of rotatable bonds is 8. The summed E-state index contributed by atoms with van der Waals surface area (Å²) in [5.74, 6) is 1.30. The predicted octanol–water partition coefficient (Wildman–Crippen LogP) is 4.59. The molecule has 0 spiro atoms. The molecule has 0 aliphatic heterocycles. The van der Waals surface area contributed by atoms with Crippen molar-refractivity contribution in [1.29, 1.82) is 0 Å². The van der Waals surface area contributed by atoms with Gasteiger partial charge in [0, 0.05) is 6.42 Å². The van der Waals surface area contributed by atoms with Crippen LogP contribution in [0.4, 0.5) is 0 Å². The summed E-state index contributed by atoms with van der Waals surface area (Å²) >= 11 is 0. The average Bonchev–Trinajstić information content (AvgIpc) is 2.45. The van der Waals surface area contributed by atoms with Crippen LogP contribution in [0.15, 0.2) is 24.3 Å². The molecule has 21 heavy (non-hydrogen) atoms. The Kier molecular flexibility index (Phi) is 6.73. The summed E-state index contributed by atoms with van der Waals surface area (Å²) in [7, 11) is 1.63. The summed E-state index contributed by atoms with van der Waals surface area (Å²) in [6.45, 7) is 9.28. The number of ether oxygens (including phenoxy) is 2. The molecule has 3 nitrogen and oxygen atoms in total. The zero-order chi connectivity index (χ0) is 15.9. The first-order valence-corrected chi connectivity index (χ1v) is 7.63. The SMILES string of the molecule is COc1ccc(COC(=O)CCCC(C)(C)C(C)C)cc1. The number of carbonyl (C=O) groups is 1. The molecule has 0 saturated heterocycles. The summed E-state index contributed by atoms with van der Waals surface area (Å²) in [6.07, 6.45) is 2.42. The van der Waals surface area contributed by atoms with Gasteiger partial charge in [0.1, 0.15) is 12.4 Å². The molecule has 0 aliphatic carbocycles. The summed E-state index contributed by atoms with van der Waals surface area (Å²) in [4.78, 5) is 11.7. The normalized spacial score (nSPS) is 11.5. The van der Waals surface area contributed by atoms with Gasteiger partial charge < -0.3 is 9.47 Å². The van der Waals surface area contributed by atoms with E-state index in [1.54, 1.807) is 7.11 Å². The topological polar surface area (TPSA) is 35.5 Å². The molecular formula is C18H28O3. The van der Waals surface area contributed by atoms with Crippen molar-refractivity contribution >= 4 is 5.97 Å². The van der Waals surface area contributed by atoms with Crippen LogP contribution in [-0.2, 0) is 16.1 Å². The molecule has 0 aliphatic rings. The number of hydrogen-bond acceptors (Lipinski definition) is 3. The second-order valence-corrected chi connectivity index (χ2v) is 6.51. The zero-order valence-corrected chi connectivity index (χ0v) is 13.9. The molecule has 0 saturated carbocycles. The molecule has 0 fully saturated rings. The van der Waals surface area contributed by atoms with Crippen molar-refractivity contribution in [3.05, 3.63) is 29.8 Å². The van der Waals surface area contributed by atoms with Gasteiger partial charge in [-0.15, -0.1) is 0 Å². The average molecular weight is 292 g/mol. The van der Waals surface area contributed by atoms with Crippen molar-refractivity contribution in [2.75, 3.05) is 7.11 Å². The first-order valence-electron chi connectivity index (χ1n) is 7.63. The predicted molar refractivity (Wildman–Crippen MR) is 85.3 cm³/mol. The Morgan fingerprint density at radius 3 is 2.33 bits per heavy atom. The van der Waals surface area contributed by atoms with E-state index in [0.717, 1.165) is 24.2 Å². The monoisotopic (exact) mass is 292 g/mol. The minimum Gasteiger partial charge on any atom is -0.497 e. The Morgan fingerprint density at radius 1 is 1.19 bits per heavy atom. The number of esters is 1. The van der Waals surface area contributed by atoms with Crippen LogP contribution in [0.5, 0.6) is 5.75 Å². The standard InChI is InChI=1S/C18H28O3/c1-14(2)18(3,4)12-6-7-17(19)21-13-15-8-10-16(20-5)11-9-15/h8-11,14H,6-7,12-13H2,1-5H3. The maximum absolute atomic E-state index is 11.7. The third kappa shape index (κ3) is 6.19. The Morgan fingerprint density at radius 2 is 1.81 bits per heavy atom. The van der Waals surface area contributed by atoms with Crippen LogP contribution in [0, 0.1) is 11.3 Å². The number of hydrogen-bond donors (Lipinski definition) is 0. The van der Waals surface area contributed by atoms with Crippen molar-refractivity contribution in [3.63, 3.8) is 0 Å². The molecule has 0 amide bonds. The van der Waals surface area contributed by atoms with Gasteiger partial charge in [0.2, 0.25) is 0 Å². The molecule has 1 aromatic rings. The van der Waals surface area contributed by atoms with Crippen LogP contribution in [0.3, 0.4) is 0 Å². The molecule has 0 aromatic heterocycles. The van der Waals surface area contributed by atoms with Crippen LogP contribution >= 0.6 is 0 Å². The molecule has 118 valence electrons. The van der Waals surface area contributed by atoms with E-state index in [9.17, 15) is 4.79 Å². The van der Waals surface area contributed by atoms with E-state index >= 15 is 0 Å². The maximum atomic E-state index is 11.7. The molecule has 0 bridgehead atoms. The first kappa shape index (κ1) is 17.5. The molecular weight excluding hydrogens is 264 g/mol. The molecule has 0 radical (unpaired) electrons. The van der Waals surface area contributed by atoms with Crippen molar-refractivity contribution < 1.29 is 14.3 Å². The fourth-order valence-electron chi connectivity index (χ4n) is 1.93. The highest BCUT2D eigenvalue weighted by atomic mass is 16.5. The Labute approximate surface area is 128 Å². The summed E-state index contributed by atoms with van der Waals surface area (Å²) in [5, 5.41) is 0. The minimum absolute atomic E-state index is 0.120. The van der Waals surface area contributed by atoms with E-state index in [0.29, 0.717) is 18.9 Å². The van der Waals surface area contributed by atoms with E-state index in [2.05, 4.69) is 27.7 Å².